The first-order valence-corrected chi connectivity index (χ1v) is 8.76. The predicted octanol–water partition coefficient (Wildman–Crippen LogP) is 2.40. The lowest BCUT2D eigenvalue weighted by atomic mass is 9.80. The van der Waals surface area contributed by atoms with Gasteiger partial charge in [0.05, 0.1) is 24.9 Å². The van der Waals surface area contributed by atoms with Crippen molar-refractivity contribution in [3.05, 3.63) is 30.1 Å². The highest BCUT2D eigenvalue weighted by Crippen LogP contribution is 2.45. The molecule has 1 aromatic rings. The summed E-state index contributed by atoms with van der Waals surface area (Å²) in [6.45, 7) is 2.09. The van der Waals surface area contributed by atoms with Gasteiger partial charge in [0, 0.05) is 50.7 Å². The van der Waals surface area contributed by atoms with Gasteiger partial charge in [0.1, 0.15) is 0 Å². The fourth-order valence-electron chi connectivity index (χ4n) is 4.01. The monoisotopic (exact) mass is 352 g/mol. The van der Waals surface area contributed by atoms with Gasteiger partial charge in [-0.05, 0) is 24.1 Å². The van der Waals surface area contributed by atoms with Crippen molar-refractivity contribution in [3.8, 4) is 0 Å². The molecule has 2 aliphatic heterocycles. The molecular formula is C18H22F2N2O3. The zero-order valence-electron chi connectivity index (χ0n) is 14.0. The van der Waals surface area contributed by atoms with Crippen molar-refractivity contribution >= 4 is 5.91 Å². The van der Waals surface area contributed by atoms with Crippen molar-refractivity contribution < 1.29 is 23.0 Å². The largest absolute Gasteiger partial charge is 0.371 e. The van der Waals surface area contributed by atoms with Gasteiger partial charge in [-0.25, -0.2) is 8.78 Å². The van der Waals surface area contributed by atoms with Gasteiger partial charge in [-0.15, -0.1) is 0 Å². The number of pyridine rings is 1. The molecule has 4 rings (SSSR count). The van der Waals surface area contributed by atoms with Gasteiger partial charge >= 0.3 is 0 Å². The van der Waals surface area contributed by atoms with Crippen LogP contribution >= 0.6 is 0 Å². The van der Waals surface area contributed by atoms with Crippen LogP contribution in [-0.4, -0.2) is 53.1 Å². The molecule has 5 nitrogen and oxygen atoms in total. The fourth-order valence-corrected chi connectivity index (χ4v) is 4.01. The van der Waals surface area contributed by atoms with Gasteiger partial charge in [0.2, 0.25) is 11.8 Å². The number of carbonyl (C=O) groups excluding carboxylic acids is 1. The van der Waals surface area contributed by atoms with Crippen LogP contribution in [0.1, 0.15) is 31.2 Å². The minimum absolute atomic E-state index is 0.00347. The molecule has 1 spiro atoms. The lowest BCUT2D eigenvalue weighted by Crippen LogP contribution is -2.47. The number of rotatable bonds is 4. The number of carbonyl (C=O) groups is 1. The molecule has 2 saturated heterocycles. The molecule has 0 radical (unpaired) electrons. The summed E-state index contributed by atoms with van der Waals surface area (Å²) in [5, 5.41) is 0. The Balaban J connectivity index is 1.27. The second-order valence-corrected chi connectivity index (χ2v) is 7.46. The zero-order valence-corrected chi connectivity index (χ0v) is 14.0. The molecule has 0 unspecified atom stereocenters. The van der Waals surface area contributed by atoms with Crippen LogP contribution in [0.4, 0.5) is 8.78 Å². The summed E-state index contributed by atoms with van der Waals surface area (Å²) >= 11 is 0. The van der Waals surface area contributed by atoms with Crippen molar-refractivity contribution in [3.63, 3.8) is 0 Å². The highest BCUT2D eigenvalue weighted by Gasteiger charge is 2.53. The summed E-state index contributed by atoms with van der Waals surface area (Å²) in [7, 11) is 0. The van der Waals surface area contributed by atoms with Gasteiger partial charge in [0.15, 0.2) is 0 Å². The highest BCUT2D eigenvalue weighted by atomic mass is 19.3. The topological polar surface area (TPSA) is 51.7 Å². The van der Waals surface area contributed by atoms with Crippen LogP contribution in [0.2, 0.25) is 0 Å². The fraction of sp³-hybridized carbons (Fsp3) is 0.667. The van der Waals surface area contributed by atoms with Gasteiger partial charge in [0.25, 0.3) is 0 Å². The molecule has 2 atom stereocenters. The molecule has 7 heteroatoms. The van der Waals surface area contributed by atoms with E-state index in [-0.39, 0.29) is 30.5 Å². The Bertz CT molecular complexity index is 634. The molecule has 0 aromatic carbocycles. The van der Waals surface area contributed by atoms with Crippen molar-refractivity contribution in [2.45, 2.75) is 49.9 Å². The summed E-state index contributed by atoms with van der Waals surface area (Å²) in [5.74, 6) is -3.33. The Morgan fingerprint density at radius 3 is 2.80 bits per heavy atom. The Hall–Kier alpha value is -1.60. The van der Waals surface area contributed by atoms with E-state index in [0.717, 1.165) is 18.4 Å². The molecule has 1 amide bonds. The third-order valence-corrected chi connectivity index (χ3v) is 5.48. The summed E-state index contributed by atoms with van der Waals surface area (Å²) < 4.78 is 37.9. The maximum atomic E-state index is 13.0. The number of hydrogen-bond acceptors (Lipinski definition) is 4. The number of alkyl halides is 2. The lowest BCUT2D eigenvalue weighted by molar-refractivity contribution is -0.159. The maximum Gasteiger partial charge on any atom is 0.249 e. The first kappa shape index (κ1) is 16.8. The molecule has 0 N–H and O–H groups in total. The van der Waals surface area contributed by atoms with Gasteiger partial charge in [-0.1, -0.05) is 0 Å². The van der Waals surface area contributed by atoms with Crippen LogP contribution in [-0.2, 0) is 20.9 Å². The number of aromatic nitrogens is 1. The molecule has 25 heavy (non-hydrogen) atoms. The van der Waals surface area contributed by atoms with E-state index in [4.69, 9.17) is 9.47 Å². The second kappa shape index (κ2) is 6.29. The van der Waals surface area contributed by atoms with Gasteiger partial charge < -0.3 is 14.4 Å². The van der Waals surface area contributed by atoms with E-state index in [9.17, 15) is 13.6 Å². The first-order valence-electron chi connectivity index (χ1n) is 8.76. The molecular weight excluding hydrogens is 330 g/mol. The van der Waals surface area contributed by atoms with E-state index in [2.05, 4.69) is 4.98 Å². The average molecular weight is 352 g/mol. The summed E-state index contributed by atoms with van der Waals surface area (Å²) in [4.78, 5) is 18.0. The van der Waals surface area contributed by atoms with E-state index in [1.807, 2.05) is 12.1 Å². The first-order chi connectivity index (χ1) is 11.9. The number of nitrogens with zero attached hydrogens (tertiary/aromatic N) is 2. The number of ether oxygens (including phenoxy) is 2. The smallest absolute Gasteiger partial charge is 0.249 e. The van der Waals surface area contributed by atoms with Crippen LogP contribution in [0.25, 0.3) is 0 Å². The van der Waals surface area contributed by atoms with E-state index in [1.165, 1.54) is 0 Å². The lowest BCUT2D eigenvalue weighted by Gasteiger charge is -2.36. The van der Waals surface area contributed by atoms with Crippen molar-refractivity contribution in [1.29, 1.82) is 0 Å². The Labute approximate surface area is 145 Å². The van der Waals surface area contributed by atoms with Crippen molar-refractivity contribution in [2.24, 2.45) is 5.92 Å². The second-order valence-electron chi connectivity index (χ2n) is 7.46. The Kier molecular flexibility index (Phi) is 4.24. The van der Waals surface area contributed by atoms with Crippen LogP contribution in [0.3, 0.4) is 0 Å². The number of likely N-dealkylation sites (tertiary alicyclic amines) is 1. The van der Waals surface area contributed by atoms with E-state index < -0.39 is 11.8 Å². The van der Waals surface area contributed by atoms with Gasteiger partial charge in [-0.2, -0.15) is 0 Å². The predicted molar refractivity (Wildman–Crippen MR) is 85.0 cm³/mol. The molecule has 1 saturated carbocycles. The van der Waals surface area contributed by atoms with Crippen LogP contribution < -0.4 is 0 Å². The third kappa shape index (κ3) is 3.53. The minimum atomic E-state index is -2.66. The molecule has 3 fully saturated rings. The van der Waals surface area contributed by atoms with E-state index in [1.54, 1.807) is 17.3 Å². The Morgan fingerprint density at radius 1 is 1.32 bits per heavy atom. The van der Waals surface area contributed by atoms with E-state index >= 15 is 0 Å². The molecule has 1 aliphatic carbocycles. The van der Waals surface area contributed by atoms with Crippen LogP contribution in [0, 0.1) is 5.92 Å². The van der Waals surface area contributed by atoms with Crippen molar-refractivity contribution in [2.75, 3.05) is 19.7 Å². The minimum Gasteiger partial charge on any atom is -0.371 e. The van der Waals surface area contributed by atoms with Crippen molar-refractivity contribution in [1.82, 2.24) is 9.88 Å². The molecule has 0 bridgehead atoms. The third-order valence-electron chi connectivity index (χ3n) is 5.48. The normalized spacial score (nSPS) is 31.4. The van der Waals surface area contributed by atoms with E-state index in [0.29, 0.717) is 26.3 Å². The SMILES string of the molecule is O=C(C1CC(F)(F)C1)N1CC[C@]2(C[C@@H](OCc3ccncc3)CO2)C1. The summed E-state index contributed by atoms with van der Waals surface area (Å²) in [5.41, 5.74) is 0.690. The number of hydrogen-bond donors (Lipinski definition) is 0. The molecule has 136 valence electrons. The van der Waals surface area contributed by atoms with Gasteiger partial charge in [-0.3, -0.25) is 9.78 Å². The molecule has 1 aromatic heterocycles. The maximum absolute atomic E-state index is 13.0. The average Bonchev–Trinajstić information content (AvgIpc) is 3.18. The quantitative estimate of drug-likeness (QED) is 0.835. The zero-order chi connectivity index (χ0) is 17.5. The number of halogens is 2. The van der Waals surface area contributed by atoms with Crippen LogP contribution in [0.5, 0.6) is 0 Å². The molecule has 3 heterocycles. The highest BCUT2D eigenvalue weighted by molar-refractivity contribution is 5.80. The summed E-state index contributed by atoms with van der Waals surface area (Å²) in [6, 6.07) is 3.83. The number of amides is 1. The Morgan fingerprint density at radius 2 is 2.08 bits per heavy atom. The summed E-state index contributed by atoms with van der Waals surface area (Å²) in [6.07, 6.45) is 4.32. The van der Waals surface area contributed by atoms with Crippen LogP contribution in [0.15, 0.2) is 24.5 Å². The standard InChI is InChI=1S/C18H22F2N2O3/c19-18(20)7-14(8-18)16(23)22-6-3-17(12-22)9-15(11-25-17)24-10-13-1-4-21-5-2-13/h1-2,4-5,14-15H,3,6-12H2/t15-,17+/m1/s1. The molecule has 3 aliphatic rings.